The van der Waals surface area contributed by atoms with Crippen molar-refractivity contribution < 1.29 is 9.21 Å². The molecule has 0 aliphatic heterocycles. The summed E-state index contributed by atoms with van der Waals surface area (Å²) in [5, 5.41) is 2.25. The van der Waals surface area contributed by atoms with E-state index < -0.39 is 0 Å². The summed E-state index contributed by atoms with van der Waals surface area (Å²) in [4.78, 5) is 14.8. The van der Waals surface area contributed by atoms with Gasteiger partial charge in [-0.05, 0) is 47.7 Å². The number of carbonyl (C=O) groups excluding carboxylic acids is 1. The molecule has 5 heteroatoms. The molecule has 2 aromatic rings. The molecule has 3 nitrogen and oxygen atoms in total. The van der Waals surface area contributed by atoms with Gasteiger partial charge in [-0.1, -0.05) is 0 Å². The molecule has 0 spiro atoms. The fourth-order valence-corrected chi connectivity index (χ4v) is 2.58. The topological polar surface area (TPSA) is 33.5 Å². The van der Waals surface area contributed by atoms with Crippen molar-refractivity contribution in [3.8, 4) is 0 Å². The van der Waals surface area contributed by atoms with Crippen LogP contribution in [0.2, 0.25) is 5.22 Å². The molecule has 0 saturated heterocycles. The lowest BCUT2D eigenvalue weighted by molar-refractivity contribution is 0.0755. The van der Waals surface area contributed by atoms with Crippen LogP contribution in [0.5, 0.6) is 0 Å². The van der Waals surface area contributed by atoms with E-state index in [1.54, 1.807) is 35.4 Å². The molecular formula is C12H12ClNO2S. The number of nitrogens with zero attached hydrogens (tertiary/aromatic N) is 1. The molecule has 0 aromatic carbocycles. The van der Waals surface area contributed by atoms with Crippen LogP contribution in [0.25, 0.3) is 0 Å². The molecule has 1 amide bonds. The molecule has 2 heterocycles. The molecule has 0 N–H and O–H groups in total. The van der Waals surface area contributed by atoms with E-state index in [1.165, 1.54) is 10.4 Å². The van der Waals surface area contributed by atoms with Gasteiger partial charge in [0.25, 0.3) is 5.91 Å². The molecule has 0 bridgehead atoms. The summed E-state index contributed by atoms with van der Waals surface area (Å²) in [6, 6.07) is 5.20. The Labute approximate surface area is 109 Å². The molecule has 0 atom stereocenters. The average molecular weight is 270 g/mol. The first kappa shape index (κ1) is 12.2. The van der Waals surface area contributed by atoms with Gasteiger partial charge in [-0.3, -0.25) is 4.79 Å². The summed E-state index contributed by atoms with van der Waals surface area (Å²) < 4.78 is 5.09. The van der Waals surface area contributed by atoms with Crippen molar-refractivity contribution >= 4 is 28.8 Å². The lowest BCUT2D eigenvalue weighted by Gasteiger charge is -2.15. The molecule has 0 radical (unpaired) electrons. The second kappa shape index (κ2) is 4.94. The van der Waals surface area contributed by atoms with Gasteiger partial charge in [0, 0.05) is 11.9 Å². The lowest BCUT2D eigenvalue weighted by Crippen LogP contribution is -2.25. The summed E-state index contributed by atoms with van der Waals surface area (Å²) >= 11 is 7.29. The quantitative estimate of drug-likeness (QED) is 0.853. The molecular weight excluding hydrogens is 258 g/mol. The molecule has 2 aromatic heterocycles. The fourth-order valence-electron chi connectivity index (χ4n) is 1.47. The molecule has 2 rings (SSSR count). The minimum absolute atomic E-state index is 0.162. The number of furan rings is 1. The van der Waals surface area contributed by atoms with Crippen molar-refractivity contribution in [2.45, 2.75) is 13.5 Å². The van der Waals surface area contributed by atoms with Crippen molar-refractivity contribution in [1.82, 2.24) is 4.90 Å². The maximum Gasteiger partial charge on any atom is 0.289 e. The first-order chi connectivity index (χ1) is 8.08. The summed E-state index contributed by atoms with van der Waals surface area (Å²) in [5.74, 6) is 0.108. The summed E-state index contributed by atoms with van der Waals surface area (Å²) in [6.45, 7) is 2.62. The Morgan fingerprint density at radius 2 is 2.24 bits per heavy atom. The standard InChI is InChI=1S/C12H12ClNO2S/c1-8-5-6-17-10(8)7-14(2)12(15)9-3-4-11(13)16-9/h3-6H,7H2,1-2H3. The Kier molecular flexibility index (Phi) is 3.54. The molecule has 90 valence electrons. The monoisotopic (exact) mass is 269 g/mol. The van der Waals surface area contributed by atoms with Crippen molar-refractivity contribution in [1.29, 1.82) is 0 Å². The highest BCUT2D eigenvalue weighted by atomic mass is 35.5. The highest BCUT2D eigenvalue weighted by molar-refractivity contribution is 7.10. The fraction of sp³-hybridized carbons (Fsp3) is 0.250. The Bertz CT molecular complexity index is 532. The molecule has 0 aliphatic carbocycles. The van der Waals surface area contributed by atoms with E-state index in [2.05, 4.69) is 0 Å². The van der Waals surface area contributed by atoms with Crippen LogP contribution in [0.3, 0.4) is 0 Å². The number of amides is 1. The van der Waals surface area contributed by atoms with Crippen LogP contribution in [0.15, 0.2) is 28.0 Å². The molecule has 0 unspecified atom stereocenters. The molecule has 0 saturated carbocycles. The third kappa shape index (κ3) is 2.70. The second-order valence-corrected chi connectivity index (χ2v) is 5.16. The van der Waals surface area contributed by atoms with E-state index in [9.17, 15) is 4.79 Å². The Morgan fingerprint density at radius 1 is 1.47 bits per heavy atom. The van der Waals surface area contributed by atoms with Gasteiger partial charge in [-0.2, -0.15) is 0 Å². The van der Waals surface area contributed by atoms with Crippen molar-refractivity contribution in [3.05, 3.63) is 45.0 Å². The third-order valence-electron chi connectivity index (χ3n) is 2.48. The first-order valence-electron chi connectivity index (χ1n) is 5.11. The van der Waals surface area contributed by atoms with Crippen molar-refractivity contribution in [3.63, 3.8) is 0 Å². The summed E-state index contributed by atoms with van der Waals surface area (Å²) in [7, 11) is 1.75. The van der Waals surface area contributed by atoms with Gasteiger partial charge < -0.3 is 9.32 Å². The number of rotatable bonds is 3. The first-order valence-corrected chi connectivity index (χ1v) is 6.37. The largest absolute Gasteiger partial charge is 0.440 e. The van der Waals surface area contributed by atoms with Gasteiger partial charge >= 0.3 is 0 Å². The number of halogens is 1. The normalized spacial score (nSPS) is 10.5. The van der Waals surface area contributed by atoms with E-state index in [4.69, 9.17) is 16.0 Å². The zero-order chi connectivity index (χ0) is 12.4. The minimum Gasteiger partial charge on any atom is -0.440 e. The molecule has 0 fully saturated rings. The highest BCUT2D eigenvalue weighted by Crippen LogP contribution is 2.19. The van der Waals surface area contributed by atoms with Gasteiger partial charge in [0.2, 0.25) is 0 Å². The van der Waals surface area contributed by atoms with Crippen LogP contribution in [-0.4, -0.2) is 17.9 Å². The van der Waals surface area contributed by atoms with Crippen molar-refractivity contribution in [2.24, 2.45) is 0 Å². The zero-order valence-corrected chi connectivity index (χ0v) is 11.1. The maximum absolute atomic E-state index is 12.0. The van der Waals surface area contributed by atoms with Crippen LogP contribution in [-0.2, 0) is 6.54 Å². The number of aryl methyl sites for hydroxylation is 1. The van der Waals surface area contributed by atoms with Crippen LogP contribution >= 0.6 is 22.9 Å². The SMILES string of the molecule is Cc1ccsc1CN(C)C(=O)c1ccc(Cl)o1. The number of hydrogen-bond acceptors (Lipinski definition) is 3. The third-order valence-corrected chi connectivity index (χ3v) is 3.69. The van der Waals surface area contributed by atoms with Gasteiger partial charge in [-0.25, -0.2) is 0 Å². The van der Waals surface area contributed by atoms with E-state index >= 15 is 0 Å². The van der Waals surface area contributed by atoms with Crippen molar-refractivity contribution in [2.75, 3.05) is 7.05 Å². The summed E-state index contributed by atoms with van der Waals surface area (Å²) in [5.41, 5.74) is 1.20. The van der Waals surface area contributed by atoms with Gasteiger partial charge in [0.15, 0.2) is 11.0 Å². The van der Waals surface area contributed by atoms with Crippen LogP contribution in [0.1, 0.15) is 21.0 Å². The van der Waals surface area contributed by atoms with Crippen LogP contribution < -0.4 is 0 Å². The Balaban J connectivity index is 2.08. The maximum atomic E-state index is 12.0. The minimum atomic E-state index is -0.162. The van der Waals surface area contributed by atoms with Gasteiger partial charge in [0.05, 0.1) is 6.54 Å². The van der Waals surface area contributed by atoms with Crippen LogP contribution in [0, 0.1) is 6.92 Å². The Morgan fingerprint density at radius 3 is 2.76 bits per heavy atom. The van der Waals surface area contributed by atoms with E-state index in [-0.39, 0.29) is 16.9 Å². The molecule has 17 heavy (non-hydrogen) atoms. The van der Waals surface area contributed by atoms with E-state index in [0.717, 1.165) is 0 Å². The number of thiophene rings is 1. The highest BCUT2D eigenvalue weighted by Gasteiger charge is 2.16. The van der Waals surface area contributed by atoms with E-state index in [0.29, 0.717) is 6.54 Å². The zero-order valence-electron chi connectivity index (χ0n) is 9.57. The smallest absolute Gasteiger partial charge is 0.289 e. The van der Waals surface area contributed by atoms with Gasteiger partial charge in [0.1, 0.15) is 0 Å². The summed E-state index contributed by atoms with van der Waals surface area (Å²) in [6.07, 6.45) is 0. The van der Waals surface area contributed by atoms with E-state index in [1.807, 2.05) is 18.4 Å². The predicted octanol–water partition coefficient (Wildman–Crippen LogP) is 3.58. The lowest BCUT2D eigenvalue weighted by atomic mass is 10.3. The van der Waals surface area contributed by atoms with Gasteiger partial charge in [-0.15, -0.1) is 11.3 Å². The Hall–Kier alpha value is -1.26. The second-order valence-electron chi connectivity index (χ2n) is 3.79. The van der Waals surface area contributed by atoms with Crippen LogP contribution in [0.4, 0.5) is 0 Å². The molecule has 0 aliphatic rings. The predicted molar refractivity (Wildman–Crippen MR) is 68.6 cm³/mol. The number of hydrogen-bond donors (Lipinski definition) is 0. The average Bonchev–Trinajstić information content (AvgIpc) is 2.88. The number of carbonyl (C=O) groups is 1.